The van der Waals surface area contributed by atoms with E-state index in [-0.39, 0.29) is 19.0 Å². The average molecular weight is 355 g/mol. The highest BCUT2D eigenvalue weighted by Crippen LogP contribution is 2.22. The maximum atomic E-state index is 14.1. The molecule has 0 atom stereocenters. The largest absolute Gasteiger partial charge is 0.449 e. The average Bonchev–Trinajstić information content (AvgIpc) is 3.01. The molecule has 0 aliphatic carbocycles. The highest BCUT2D eigenvalue weighted by molar-refractivity contribution is 5.99. The lowest BCUT2D eigenvalue weighted by Gasteiger charge is -2.12. The van der Waals surface area contributed by atoms with Gasteiger partial charge in [0.05, 0.1) is 13.2 Å². The number of halogens is 1. The van der Waals surface area contributed by atoms with Crippen LogP contribution in [0.1, 0.15) is 23.0 Å². The number of carbonyl (C=O) groups excluding carboxylic acids is 2. The van der Waals surface area contributed by atoms with Gasteiger partial charge in [0.1, 0.15) is 11.5 Å². The molecule has 0 saturated heterocycles. The second-order valence-electron chi connectivity index (χ2n) is 5.57. The fourth-order valence-electron chi connectivity index (χ4n) is 2.70. The molecule has 134 valence electrons. The summed E-state index contributed by atoms with van der Waals surface area (Å²) in [6, 6.07) is 15.5. The zero-order chi connectivity index (χ0) is 18.5. The molecular weight excluding hydrogens is 337 g/mol. The third-order valence-corrected chi connectivity index (χ3v) is 3.88. The van der Waals surface area contributed by atoms with Crippen molar-refractivity contribution < 1.29 is 18.7 Å². The third kappa shape index (κ3) is 3.66. The van der Waals surface area contributed by atoms with Crippen LogP contribution >= 0.6 is 0 Å². The van der Waals surface area contributed by atoms with Crippen molar-refractivity contribution in [2.24, 2.45) is 0 Å². The van der Waals surface area contributed by atoms with E-state index in [2.05, 4.69) is 10.9 Å². The first-order valence-corrected chi connectivity index (χ1v) is 8.15. The van der Waals surface area contributed by atoms with Gasteiger partial charge in [0.25, 0.3) is 5.91 Å². The number of hydrogen-bond donors (Lipinski definition) is 2. The minimum Gasteiger partial charge on any atom is -0.449 e. The maximum Gasteiger partial charge on any atom is 0.426 e. The summed E-state index contributed by atoms with van der Waals surface area (Å²) in [6.45, 7) is 2.03. The van der Waals surface area contributed by atoms with Gasteiger partial charge in [-0.05, 0) is 25.1 Å². The SMILES string of the molecule is CCOC(=O)NNC(=O)c1cc2ccccc2n1Cc1ccccc1F. The highest BCUT2D eigenvalue weighted by Gasteiger charge is 2.17. The van der Waals surface area contributed by atoms with Gasteiger partial charge in [-0.15, -0.1) is 0 Å². The number of rotatable bonds is 4. The van der Waals surface area contributed by atoms with Crippen LogP contribution < -0.4 is 10.9 Å². The third-order valence-electron chi connectivity index (χ3n) is 3.88. The van der Waals surface area contributed by atoms with Crippen LogP contribution in [0.5, 0.6) is 0 Å². The van der Waals surface area contributed by atoms with Gasteiger partial charge in [0, 0.05) is 16.5 Å². The summed E-state index contributed by atoms with van der Waals surface area (Å²) in [7, 11) is 0. The molecule has 1 aromatic heterocycles. The molecule has 6 nitrogen and oxygen atoms in total. The zero-order valence-electron chi connectivity index (χ0n) is 14.2. The standard InChI is InChI=1S/C19H18FN3O3/c1-2-26-19(25)22-21-18(24)17-11-13-7-4-6-10-16(13)23(17)12-14-8-3-5-9-15(14)20/h3-11H,2,12H2,1H3,(H,21,24)(H,22,25). The van der Waals surface area contributed by atoms with Gasteiger partial charge in [-0.25, -0.2) is 14.6 Å². The van der Waals surface area contributed by atoms with E-state index in [0.29, 0.717) is 11.3 Å². The molecule has 26 heavy (non-hydrogen) atoms. The summed E-state index contributed by atoms with van der Waals surface area (Å²) in [5.41, 5.74) is 6.03. The van der Waals surface area contributed by atoms with Crippen molar-refractivity contribution in [3.05, 3.63) is 71.7 Å². The monoisotopic (exact) mass is 355 g/mol. The molecule has 0 bridgehead atoms. The number of amides is 2. The minimum absolute atomic E-state index is 0.183. The van der Waals surface area contributed by atoms with E-state index in [1.165, 1.54) is 6.07 Å². The van der Waals surface area contributed by atoms with Crippen LogP contribution in [0.4, 0.5) is 9.18 Å². The number of hydrogen-bond acceptors (Lipinski definition) is 3. The predicted molar refractivity (Wildman–Crippen MR) is 95.1 cm³/mol. The Morgan fingerprint density at radius 3 is 2.58 bits per heavy atom. The van der Waals surface area contributed by atoms with Crippen LogP contribution in [0.25, 0.3) is 10.9 Å². The van der Waals surface area contributed by atoms with Crippen LogP contribution in [0.3, 0.4) is 0 Å². The lowest BCUT2D eigenvalue weighted by atomic mass is 10.2. The molecule has 0 aliphatic rings. The first kappa shape index (κ1) is 17.5. The van der Waals surface area contributed by atoms with Crippen LogP contribution in [0.15, 0.2) is 54.6 Å². The number of para-hydroxylation sites is 1. The zero-order valence-corrected chi connectivity index (χ0v) is 14.2. The van der Waals surface area contributed by atoms with E-state index in [4.69, 9.17) is 4.74 Å². The van der Waals surface area contributed by atoms with Crippen molar-refractivity contribution in [2.45, 2.75) is 13.5 Å². The van der Waals surface area contributed by atoms with Gasteiger partial charge >= 0.3 is 6.09 Å². The molecule has 0 saturated carbocycles. The van der Waals surface area contributed by atoms with Crippen molar-refractivity contribution in [3.63, 3.8) is 0 Å². The molecule has 3 aromatic rings. The molecule has 1 heterocycles. The summed E-state index contributed by atoms with van der Waals surface area (Å²) in [5, 5.41) is 0.838. The number of benzene rings is 2. The number of hydrazine groups is 1. The number of ether oxygens (including phenoxy) is 1. The van der Waals surface area contributed by atoms with Gasteiger partial charge in [-0.3, -0.25) is 10.2 Å². The van der Waals surface area contributed by atoms with Crippen LogP contribution in [0.2, 0.25) is 0 Å². The number of nitrogens with zero attached hydrogens (tertiary/aromatic N) is 1. The highest BCUT2D eigenvalue weighted by atomic mass is 19.1. The molecule has 0 radical (unpaired) electrons. The maximum absolute atomic E-state index is 14.1. The fourth-order valence-corrected chi connectivity index (χ4v) is 2.70. The second-order valence-corrected chi connectivity index (χ2v) is 5.57. The van der Waals surface area contributed by atoms with Gasteiger partial charge < -0.3 is 9.30 Å². The van der Waals surface area contributed by atoms with Crippen molar-refractivity contribution >= 4 is 22.9 Å². The van der Waals surface area contributed by atoms with E-state index < -0.39 is 12.0 Å². The molecule has 0 unspecified atom stereocenters. The van der Waals surface area contributed by atoms with E-state index >= 15 is 0 Å². The molecular formula is C19H18FN3O3. The predicted octanol–water partition coefficient (Wildman–Crippen LogP) is 3.22. The molecule has 0 aliphatic heterocycles. The molecule has 3 rings (SSSR count). The summed E-state index contributed by atoms with van der Waals surface area (Å²) in [5.74, 6) is -0.869. The van der Waals surface area contributed by atoms with E-state index in [9.17, 15) is 14.0 Å². The quantitative estimate of drug-likeness (QED) is 0.706. The summed E-state index contributed by atoms with van der Waals surface area (Å²) in [4.78, 5) is 23.9. The molecule has 2 aromatic carbocycles. The van der Waals surface area contributed by atoms with Crippen LogP contribution in [0, 0.1) is 5.82 Å². The lowest BCUT2D eigenvalue weighted by molar-refractivity contribution is 0.0904. The Morgan fingerprint density at radius 1 is 1.08 bits per heavy atom. The van der Waals surface area contributed by atoms with Crippen molar-refractivity contribution in [1.29, 1.82) is 0 Å². The fraction of sp³-hybridized carbons (Fsp3) is 0.158. The molecule has 0 spiro atoms. The Balaban J connectivity index is 1.93. The van der Waals surface area contributed by atoms with Gasteiger partial charge in [0.15, 0.2) is 0 Å². The first-order chi connectivity index (χ1) is 12.6. The van der Waals surface area contributed by atoms with E-state index in [0.717, 1.165) is 10.9 Å². The molecule has 7 heteroatoms. The van der Waals surface area contributed by atoms with Gasteiger partial charge in [-0.1, -0.05) is 36.4 Å². The Labute approximate surface area is 149 Å². The van der Waals surface area contributed by atoms with Crippen molar-refractivity contribution in [2.75, 3.05) is 6.61 Å². The van der Waals surface area contributed by atoms with Crippen LogP contribution in [-0.2, 0) is 11.3 Å². The first-order valence-electron chi connectivity index (χ1n) is 8.15. The Bertz CT molecular complexity index is 952. The molecule has 2 amide bonds. The van der Waals surface area contributed by atoms with Gasteiger partial charge in [-0.2, -0.15) is 0 Å². The van der Waals surface area contributed by atoms with Crippen molar-refractivity contribution in [1.82, 2.24) is 15.4 Å². The number of aromatic nitrogens is 1. The van der Waals surface area contributed by atoms with Crippen LogP contribution in [-0.4, -0.2) is 23.2 Å². The number of nitrogens with one attached hydrogen (secondary N) is 2. The molecule has 2 N–H and O–H groups in total. The Hall–Kier alpha value is -3.35. The topological polar surface area (TPSA) is 72.4 Å². The minimum atomic E-state index is -0.752. The summed E-state index contributed by atoms with van der Waals surface area (Å²) >= 11 is 0. The smallest absolute Gasteiger partial charge is 0.426 e. The number of fused-ring (bicyclic) bond motifs is 1. The lowest BCUT2D eigenvalue weighted by Crippen LogP contribution is -2.42. The summed E-state index contributed by atoms with van der Waals surface area (Å²) < 4.78 is 20.5. The summed E-state index contributed by atoms with van der Waals surface area (Å²) in [6.07, 6.45) is -0.752. The Morgan fingerprint density at radius 2 is 1.81 bits per heavy atom. The van der Waals surface area contributed by atoms with E-state index in [1.807, 2.05) is 24.3 Å². The number of carbonyl (C=O) groups is 2. The van der Waals surface area contributed by atoms with Crippen molar-refractivity contribution in [3.8, 4) is 0 Å². The van der Waals surface area contributed by atoms with Gasteiger partial charge in [0.2, 0.25) is 0 Å². The second kappa shape index (κ2) is 7.69. The molecule has 0 fully saturated rings. The van der Waals surface area contributed by atoms with E-state index in [1.54, 1.807) is 35.8 Å². The Kier molecular flexibility index (Phi) is 5.17. The normalized spacial score (nSPS) is 10.5.